The van der Waals surface area contributed by atoms with Gasteiger partial charge in [0, 0.05) is 0 Å². The maximum atomic E-state index is 11.4. The van der Waals surface area contributed by atoms with Crippen molar-refractivity contribution in [2.24, 2.45) is 0 Å². The van der Waals surface area contributed by atoms with E-state index in [9.17, 15) is 9.90 Å². The van der Waals surface area contributed by atoms with Crippen LogP contribution in [0.2, 0.25) is 0 Å². The Hall–Kier alpha value is -0.860. The normalized spacial score (nSPS) is 11.4. The molecule has 0 fully saturated rings. The minimum absolute atomic E-state index is 0. The number of hydrogen-bond donors (Lipinski definition) is 0. The number of carboxylic acids is 1. The van der Waals surface area contributed by atoms with Gasteiger partial charge in [0.05, 0.1) is 17.3 Å². The summed E-state index contributed by atoms with van der Waals surface area (Å²) in [5, 5.41) is 22.6. The molecule has 0 saturated heterocycles. The molecule has 0 aliphatic heterocycles. The molecule has 0 spiro atoms. The number of carbonyl (C=O) groups is 1. The number of carboxylic acid groups (broad SMARTS) is 1. The molecule has 3 aromatic rings. The van der Waals surface area contributed by atoms with Crippen molar-refractivity contribution in [2.75, 3.05) is 0 Å². The summed E-state index contributed by atoms with van der Waals surface area (Å²) in [6, 6.07) is 12.7. The molecule has 0 atom stereocenters. The molecule has 0 unspecified atom stereocenters. The molecule has 28 heavy (non-hydrogen) atoms. The van der Waals surface area contributed by atoms with Gasteiger partial charge in [-0.15, -0.1) is 10.2 Å². The number of hydrogen-bond acceptors (Lipinski definition) is 5. The fourth-order valence-electron chi connectivity index (χ4n) is 2.97. The Balaban J connectivity index is 0.00000280. The van der Waals surface area contributed by atoms with Gasteiger partial charge in [-0.25, -0.2) is 0 Å². The molecule has 5 nitrogen and oxygen atoms in total. The smallest absolute Gasteiger partial charge is 0.549 e. The Morgan fingerprint density at radius 3 is 2.36 bits per heavy atom. The van der Waals surface area contributed by atoms with Crippen molar-refractivity contribution in [1.29, 1.82) is 0 Å². The molecule has 8 heteroatoms. The van der Waals surface area contributed by atoms with E-state index < -0.39 is 10.7 Å². The van der Waals surface area contributed by atoms with E-state index in [4.69, 9.17) is 0 Å². The van der Waals surface area contributed by atoms with Crippen LogP contribution in [0.25, 0.3) is 10.8 Å². The van der Waals surface area contributed by atoms with Gasteiger partial charge >= 0.3 is 29.6 Å². The third kappa shape index (κ3) is 5.00. The number of aromatic nitrogens is 3. The van der Waals surface area contributed by atoms with Crippen molar-refractivity contribution in [3.05, 3.63) is 52.3 Å². The quantitative estimate of drug-likeness (QED) is 0.378. The zero-order chi connectivity index (χ0) is 19.6. The Bertz CT molecular complexity index is 991. The van der Waals surface area contributed by atoms with Gasteiger partial charge in [-0.3, -0.25) is 4.57 Å². The molecule has 0 bridgehead atoms. The van der Waals surface area contributed by atoms with Crippen LogP contribution in [-0.4, -0.2) is 25.5 Å². The van der Waals surface area contributed by atoms with Crippen molar-refractivity contribution >= 4 is 44.4 Å². The first-order valence-corrected chi connectivity index (χ1v) is 10.4. The number of benzene rings is 2. The van der Waals surface area contributed by atoms with Crippen molar-refractivity contribution in [3.8, 4) is 0 Å². The van der Waals surface area contributed by atoms with Crippen molar-refractivity contribution in [2.45, 2.75) is 50.1 Å². The number of aryl methyl sites for hydroxylation is 1. The first-order valence-electron chi connectivity index (χ1n) is 8.82. The molecule has 0 amide bonds. The average Bonchev–Trinajstić information content (AvgIpc) is 2.96. The van der Waals surface area contributed by atoms with Crippen molar-refractivity contribution < 1.29 is 39.5 Å². The van der Waals surface area contributed by atoms with E-state index in [2.05, 4.69) is 63.4 Å². The third-order valence-corrected chi connectivity index (χ3v) is 6.21. The summed E-state index contributed by atoms with van der Waals surface area (Å²) in [6.07, 6.45) is 2.14. The van der Waals surface area contributed by atoms with E-state index in [-0.39, 0.29) is 29.6 Å². The van der Waals surface area contributed by atoms with Gasteiger partial charge in [-0.2, -0.15) is 0 Å². The maximum Gasteiger partial charge on any atom is 1.00 e. The van der Waals surface area contributed by atoms with E-state index in [1.807, 2.05) is 10.6 Å². The topological polar surface area (TPSA) is 70.8 Å². The maximum absolute atomic E-state index is 11.4. The van der Waals surface area contributed by atoms with E-state index in [0.717, 1.165) is 30.2 Å². The fraction of sp³-hybridized carbons (Fsp3) is 0.350. The van der Waals surface area contributed by atoms with Crippen LogP contribution in [0.1, 0.15) is 38.3 Å². The predicted octanol–water partition coefficient (Wildman–Crippen LogP) is 0.819. The summed E-state index contributed by atoms with van der Waals surface area (Å²) in [6.45, 7) is 5.94. The molecule has 1 heterocycles. The third-order valence-electron chi connectivity index (χ3n) is 4.46. The largest absolute Gasteiger partial charge is 1.00 e. The van der Waals surface area contributed by atoms with Crippen LogP contribution in [0.15, 0.2) is 46.3 Å². The number of aliphatic carboxylic acids is 1. The molecule has 2 aromatic carbocycles. The molecule has 0 aliphatic rings. The molecule has 142 valence electrons. The molecule has 1 aromatic heterocycles. The first-order chi connectivity index (χ1) is 12.8. The Morgan fingerprint density at radius 2 is 1.75 bits per heavy atom. The van der Waals surface area contributed by atoms with E-state index in [1.54, 1.807) is 13.8 Å². The average molecular weight is 470 g/mol. The summed E-state index contributed by atoms with van der Waals surface area (Å²) in [7, 11) is 0. The second-order valence-electron chi connectivity index (χ2n) is 6.92. The molecule has 0 aliphatic carbocycles. The van der Waals surface area contributed by atoms with Crippen molar-refractivity contribution in [3.63, 3.8) is 0 Å². The molecular formula is C20H21BrN3NaO2S. The summed E-state index contributed by atoms with van der Waals surface area (Å²) >= 11 is 4.57. The Morgan fingerprint density at radius 1 is 1.14 bits per heavy atom. The summed E-state index contributed by atoms with van der Waals surface area (Å²) < 4.78 is 1.36. The molecular weight excluding hydrogens is 449 g/mol. The number of carbonyl (C=O) groups excluding carboxylic acids is 1. The van der Waals surface area contributed by atoms with Gasteiger partial charge in [0.1, 0.15) is 0 Å². The van der Waals surface area contributed by atoms with Crippen molar-refractivity contribution in [1.82, 2.24) is 14.8 Å². The standard InChI is InChI=1S/C20H22BrN3O2S.Na/c1-4-7-13-10-11-14(16-9-6-5-8-15(13)16)12-24-18(21)22-23-19(24)27-20(2,3)17(25)26;/h5-6,8-11H,4,7,12H2,1-3H3,(H,25,26);/q;+1/p-1. The second kappa shape index (κ2) is 9.76. The molecule has 0 N–H and O–H groups in total. The minimum atomic E-state index is -1.13. The van der Waals surface area contributed by atoms with Gasteiger partial charge in [0.2, 0.25) is 4.73 Å². The van der Waals surface area contributed by atoms with Gasteiger partial charge in [0.15, 0.2) is 5.16 Å². The summed E-state index contributed by atoms with van der Waals surface area (Å²) in [5.74, 6) is -1.13. The fourth-order valence-corrected chi connectivity index (χ4v) is 4.34. The zero-order valence-corrected chi connectivity index (χ0v) is 20.9. The summed E-state index contributed by atoms with van der Waals surface area (Å²) in [4.78, 5) is 11.4. The van der Waals surface area contributed by atoms with E-state index >= 15 is 0 Å². The number of fused-ring (bicyclic) bond motifs is 1. The number of nitrogens with zero attached hydrogens (tertiary/aromatic N) is 3. The van der Waals surface area contributed by atoms with E-state index in [0.29, 0.717) is 16.4 Å². The predicted molar refractivity (Wildman–Crippen MR) is 110 cm³/mol. The van der Waals surface area contributed by atoms with Crippen LogP contribution in [0.5, 0.6) is 0 Å². The Kier molecular flexibility index (Phi) is 8.16. The van der Waals surface area contributed by atoms with Crippen LogP contribution >= 0.6 is 27.7 Å². The van der Waals surface area contributed by atoms with Gasteiger partial charge in [-0.05, 0) is 58.1 Å². The number of rotatable bonds is 7. The van der Waals surface area contributed by atoms with Crippen LogP contribution in [0.4, 0.5) is 0 Å². The van der Waals surface area contributed by atoms with Gasteiger partial charge < -0.3 is 9.90 Å². The number of thioether (sulfide) groups is 1. The SMILES string of the molecule is CCCc1ccc(Cn2c(Br)nnc2SC(C)(C)C(=O)[O-])c2ccccc12.[Na+]. The van der Waals surface area contributed by atoms with Crippen LogP contribution in [0, 0.1) is 0 Å². The van der Waals surface area contributed by atoms with Crippen LogP contribution in [0.3, 0.4) is 0 Å². The Labute approximate surface area is 199 Å². The zero-order valence-electron chi connectivity index (χ0n) is 16.5. The molecule has 3 rings (SSSR count). The first kappa shape index (κ1) is 23.4. The molecule has 0 saturated carbocycles. The van der Waals surface area contributed by atoms with Gasteiger partial charge in [0.25, 0.3) is 0 Å². The van der Waals surface area contributed by atoms with E-state index in [1.165, 1.54) is 16.3 Å². The van der Waals surface area contributed by atoms with Crippen LogP contribution < -0.4 is 34.7 Å². The monoisotopic (exact) mass is 469 g/mol. The van der Waals surface area contributed by atoms with Crippen LogP contribution in [-0.2, 0) is 17.8 Å². The number of halogens is 1. The minimum Gasteiger partial charge on any atom is -0.549 e. The second-order valence-corrected chi connectivity index (χ2v) is 9.22. The van der Waals surface area contributed by atoms with Gasteiger partial charge in [-0.1, -0.05) is 61.5 Å². The summed E-state index contributed by atoms with van der Waals surface area (Å²) in [5.41, 5.74) is 2.48. The molecule has 0 radical (unpaired) electrons.